The van der Waals surface area contributed by atoms with Crippen molar-refractivity contribution in [1.29, 1.82) is 0 Å². The number of hydrogen-bond acceptors (Lipinski definition) is 8. The highest BCUT2D eigenvalue weighted by Gasteiger charge is 2.37. The highest BCUT2D eigenvalue weighted by molar-refractivity contribution is 5.98. The number of carboxylic acids is 1. The molecule has 232 valence electrons. The van der Waals surface area contributed by atoms with Crippen LogP contribution in [0.5, 0.6) is 0 Å². The second-order valence-corrected chi connectivity index (χ2v) is 10.3. The third kappa shape index (κ3) is 9.27. The summed E-state index contributed by atoms with van der Waals surface area (Å²) >= 11 is 0. The van der Waals surface area contributed by atoms with E-state index in [0.717, 1.165) is 11.1 Å². The molecule has 1 fully saturated rings. The molecule has 0 radical (unpaired) electrons. The molecule has 12 nitrogen and oxygen atoms in total. The minimum atomic E-state index is -1.33. The van der Waals surface area contributed by atoms with Crippen molar-refractivity contribution in [3.8, 4) is 0 Å². The number of carbonyl (C=O) groups is 4. The fourth-order valence-corrected chi connectivity index (χ4v) is 4.85. The van der Waals surface area contributed by atoms with Crippen LogP contribution < -0.4 is 16.0 Å². The first kappa shape index (κ1) is 32.0. The number of rotatable bonds is 14. The highest BCUT2D eigenvalue weighted by atomic mass is 16.6. The Hall–Kier alpha value is -4.97. The number of aryl methyl sites for hydroxylation is 1. The minimum Gasteiger partial charge on any atom is -0.480 e. The normalized spacial score (nSPS) is 16.5. The van der Waals surface area contributed by atoms with Gasteiger partial charge in [-0.15, -0.1) is 0 Å². The minimum absolute atomic E-state index is 0.121. The lowest BCUT2D eigenvalue weighted by atomic mass is 10.0. The van der Waals surface area contributed by atoms with Crippen molar-refractivity contribution in [2.24, 2.45) is 0 Å². The zero-order valence-corrected chi connectivity index (χ0v) is 24.5. The van der Waals surface area contributed by atoms with E-state index in [1.165, 1.54) is 0 Å². The molecule has 3 aromatic rings. The Bertz CT molecular complexity index is 1410. The Labute approximate surface area is 255 Å². The number of carbonyl (C=O) groups excluding carboxylic acids is 3. The van der Waals surface area contributed by atoms with Gasteiger partial charge in [0.25, 0.3) is 5.91 Å². The van der Waals surface area contributed by atoms with Crippen molar-refractivity contribution in [3.05, 3.63) is 95.7 Å². The van der Waals surface area contributed by atoms with Crippen molar-refractivity contribution < 1.29 is 33.8 Å². The van der Waals surface area contributed by atoms with Crippen molar-refractivity contribution >= 4 is 29.7 Å². The topological polar surface area (TPSA) is 159 Å². The van der Waals surface area contributed by atoms with Crippen LogP contribution in [0.25, 0.3) is 0 Å². The Kier molecular flexibility index (Phi) is 11.6. The Morgan fingerprint density at radius 2 is 1.77 bits per heavy atom. The monoisotopic (exact) mass is 603 g/mol. The summed E-state index contributed by atoms with van der Waals surface area (Å²) in [4.78, 5) is 55.9. The lowest BCUT2D eigenvalue weighted by molar-refractivity contribution is -0.139. The van der Waals surface area contributed by atoms with Gasteiger partial charge in [0.15, 0.2) is 0 Å². The van der Waals surface area contributed by atoms with Gasteiger partial charge in [0.2, 0.25) is 5.91 Å². The molecule has 1 aliphatic rings. The zero-order chi connectivity index (χ0) is 31.3. The number of pyridine rings is 1. The number of benzene rings is 2. The molecule has 3 atom stereocenters. The Morgan fingerprint density at radius 3 is 2.50 bits per heavy atom. The molecule has 0 aliphatic carbocycles. The van der Waals surface area contributed by atoms with Crippen LogP contribution >= 0.6 is 0 Å². The van der Waals surface area contributed by atoms with Gasteiger partial charge >= 0.3 is 12.1 Å². The van der Waals surface area contributed by atoms with Crippen molar-refractivity contribution in [3.63, 3.8) is 0 Å². The molecule has 4 rings (SSSR count). The van der Waals surface area contributed by atoms with Crippen LogP contribution in [0.4, 0.5) is 10.6 Å². The third-order valence-corrected chi connectivity index (χ3v) is 7.20. The van der Waals surface area contributed by atoms with E-state index < -0.39 is 36.0 Å². The number of aliphatic carboxylic acids is 1. The second kappa shape index (κ2) is 16.0. The van der Waals surface area contributed by atoms with Crippen molar-refractivity contribution in [2.75, 3.05) is 31.6 Å². The SMILES string of the molecule is CCc1ccccc1C(=O)NC(CNC(=O)COC1CC(CNc2ccccn2)N(C(=O)OCc2ccccc2)C1)C(=O)O. The Balaban J connectivity index is 1.29. The second-order valence-electron chi connectivity index (χ2n) is 10.3. The number of nitrogens with zero attached hydrogens (tertiary/aromatic N) is 2. The molecule has 0 bridgehead atoms. The quantitative estimate of drug-likeness (QED) is 0.217. The van der Waals surface area contributed by atoms with Crippen LogP contribution in [-0.4, -0.2) is 83.3 Å². The average molecular weight is 604 g/mol. The summed E-state index contributed by atoms with van der Waals surface area (Å²) in [6, 6.07) is 20.1. The number of carboxylic acid groups (broad SMARTS) is 1. The molecule has 0 saturated carbocycles. The molecule has 2 heterocycles. The number of hydrogen-bond donors (Lipinski definition) is 4. The number of anilines is 1. The molecule has 44 heavy (non-hydrogen) atoms. The predicted octanol–water partition coefficient (Wildman–Crippen LogP) is 2.85. The molecular formula is C32H37N5O7. The largest absolute Gasteiger partial charge is 0.480 e. The van der Waals surface area contributed by atoms with Gasteiger partial charge in [0.05, 0.1) is 18.7 Å². The number of aromatic nitrogens is 1. The van der Waals surface area contributed by atoms with E-state index in [9.17, 15) is 24.3 Å². The zero-order valence-electron chi connectivity index (χ0n) is 24.5. The van der Waals surface area contributed by atoms with E-state index in [2.05, 4.69) is 20.9 Å². The average Bonchev–Trinajstić information content (AvgIpc) is 3.47. The first-order valence-electron chi connectivity index (χ1n) is 14.5. The van der Waals surface area contributed by atoms with Crippen molar-refractivity contribution in [2.45, 2.75) is 44.6 Å². The number of amides is 3. The van der Waals surface area contributed by atoms with E-state index in [1.54, 1.807) is 41.4 Å². The van der Waals surface area contributed by atoms with Crippen LogP contribution in [-0.2, 0) is 32.1 Å². The summed E-state index contributed by atoms with van der Waals surface area (Å²) in [5, 5.41) is 17.8. The summed E-state index contributed by atoms with van der Waals surface area (Å²) in [6.07, 6.45) is 1.76. The number of likely N-dealkylation sites (tertiary alicyclic amines) is 1. The lowest BCUT2D eigenvalue weighted by Crippen LogP contribution is -2.49. The van der Waals surface area contributed by atoms with E-state index >= 15 is 0 Å². The van der Waals surface area contributed by atoms with Gasteiger partial charge in [-0.1, -0.05) is 61.5 Å². The molecule has 3 unspecified atom stereocenters. The summed E-state index contributed by atoms with van der Waals surface area (Å²) < 4.78 is 11.4. The van der Waals surface area contributed by atoms with E-state index in [-0.39, 0.29) is 32.3 Å². The maximum absolute atomic E-state index is 13.0. The van der Waals surface area contributed by atoms with Crippen LogP contribution in [0.1, 0.15) is 34.8 Å². The molecule has 12 heteroatoms. The molecule has 3 amide bonds. The number of ether oxygens (including phenoxy) is 2. The van der Waals surface area contributed by atoms with Gasteiger partial charge in [0, 0.05) is 24.8 Å². The first-order chi connectivity index (χ1) is 21.3. The van der Waals surface area contributed by atoms with E-state index in [0.29, 0.717) is 30.8 Å². The highest BCUT2D eigenvalue weighted by Crippen LogP contribution is 2.22. The Morgan fingerprint density at radius 1 is 1.02 bits per heavy atom. The number of nitrogens with one attached hydrogen (secondary N) is 3. The van der Waals surface area contributed by atoms with Gasteiger partial charge in [-0.2, -0.15) is 0 Å². The van der Waals surface area contributed by atoms with Crippen LogP contribution in [0.2, 0.25) is 0 Å². The van der Waals surface area contributed by atoms with Gasteiger partial charge in [-0.25, -0.2) is 14.6 Å². The van der Waals surface area contributed by atoms with Crippen LogP contribution in [0.3, 0.4) is 0 Å². The lowest BCUT2D eigenvalue weighted by Gasteiger charge is -2.24. The summed E-state index contributed by atoms with van der Waals surface area (Å²) in [5.41, 5.74) is 2.03. The summed E-state index contributed by atoms with van der Waals surface area (Å²) in [6.45, 7) is 1.95. The van der Waals surface area contributed by atoms with Gasteiger partial charge in [-0.05, 0) is 42.2 Å². The van der Waals surface area contributed by atoms with E-state index in [4.69, 9.17) is 9.47 Å². The first-order valence-corrected chi connectivity index (χ1v) is 14.5. The van der Waals surface area contributed by atoms with E-state index in [1.807, 2.05) is 49.4 Å². The molecule has 4 N–H and O–H groups in total. The predicted molar refractivity (Wildman–Crippen MR) is 162 cm³/mol. The summed E-state index contributed by atoms with van der Waals surface area (Å²) in [5.74, 6) is -1.70. The fraction of sp³-hybridized carbons (Fsp3) is 0.344. The van der Waals surface area contributed by atoms with Crippen molar-refractivity contribution in [1.82, 2.24) is 20.5 Å². The molecule has 2 aromatic carbocycles. The molecule has 1 aromatic heterocycles. The fourth-order valence-electron chi connectivity index (χ4n) is 4.85. The summed E-state index contributed by atoms with van der Waals surface area (Å²) in [7, 11) is 0. The molecule has 1 aliphatic heterocycles. The third-order valence-electron chi connectivity index (χ3n) is 7.20. The molecule has 0 spiro atoms. The standard InChI is InChI=1S/C32H37N5O7/c1-2-23-12-6-7-13-26(23)30(39)36-27(31(40)41)18-35-29(38)21-43-25-16-24(17-34-28-14-8-9-15-33-28)37(19-25)32(42)44-20-22-10-4-3-5-11-22/h3-15,24-25,27H,2,16-21H2,1H3,(H,33,34)(H,35,38)(H,36,39)(H,40,41). The van der Waals surface area contributed by atoms with Crippen LogP contribution in [0.15, 0.2) is 79.0 Å². The van der Waals surface area contributed by atoms with Gasteiger partial charge in [-0.3, -0.25) is 9.59 Å². The van der Waals surface area contributed by atoms with Crippen LogP contribution in [0, 0.1) is 0 Å². The molecule has 1 saturated heterocycles. The smallest absolute Gasteiger partial charge is 0.410 e. The maximum Gasteiger partial charge on any atom is 0.410 e. The van der Waals surface area contributed by atoms with Gasteiger partial charge < -0.3 is 35.4 Å². The maximum atomic E-state index is 13.0. The molecular weight excluding hydrogens is 566 g/mol. The van der Waals surface area contributed by atoms with Gasteiger partial charge in [0.1, 0.15) is 25.1 Å².